The average Bonchev–Trinajstić information content (AvgIpc) is 3.12. The lowest BCUT2D eigenvalue weighted by Crippen LogP contribution is -2.58. The van der Waals surface area contributed by atoms with Crippen molar-refractivity contribution in [3.05, 3.63) is 82.7 Å². The second kappa shape index (κ2) is 13.5. The van der Waals surface area contributed by atoms with Crippen molar-refractivity contribution in [3.63, 3.8) is 0 Å². The Bertz CT molecular complexity index is 1910. The Balaban J connectivity index is 1.23. The molecular formula is C38H45F2N7O2. The van der Waals surface area contributed by atoms with Gasteiger partial charge in [0, 0.05) is 55.9 Å². The van der Waals surface area contributed by atoms with E-state index < -0.39 is 6.67 Å². The molecule has 0 amide bonds. The van der Waals surface area contributed by atoms with Crippen molar-refractivity contribution in [1.29, 1.82) is 0 Å². The van der Waals surface area contributed by atoms with Gasteiger partial charge in [-0.25, -0.2) is 18.8 Å². The fraction of sp³-hybridized carbons (Fsp3) is 0.474. The van der Waals surface area contributed by atoms with Crippen LogP contribution < -0.4 is 20.9 Å². The largest absolute Gasteiger partial charge is 0.497 e. The van der Waals surface area contributed by atoms with E-state index in [0.717, 1.165) is 23.6 Å². The minimum Gasteiger partial charge on any atom is -0.497 e. The molecule has 0 spiro atoms. The number of aromatic nitrogens is 3. The number of benzene rings is 2. The quantitative estimate of drug-likeness (QED) is 0.177. The second-order valence-electron chi connectivity index (χ2n) is 14.4. The standard InChI is InChI=1S/C38H45F2N7O2/c1-23-31-17-26(38(31,2)3)18-33(23)45-37(46-16-14-42-28(21-39)22-46)43-27-6-8-30-34(19-27)44-35(25-9-12-41-13-10-25)47(36(30)48)15-11-24-5-7-29(49-4)20-32(24)40/h5-10,12-13,19-20,23,26,28,31,33,42H,11,14-18,21-22H2,1-4H3,(H,43,45)/t23-,26-,28-,31+,33?/m0/s1. The van der Waals surface area contributed by atoms with Gasteiger partial charge in [-0.05, 0) is 84.4 Å². The third kappa shape index (κ3) is 6.40. The minimum absolute atomic E-state index is 0.178. The lowest BCUT2D eigenvalue weighted by Gasteiger charge is -2.61. The summed E-state index contributed by atoms with van der Waals surface area (Å²) in [6.07, 6.45) is 5.93. The van der Waals surface area contributed by atoms with Crippen molar-refractivity contribution < 1.29 is 13.5 Å². The van der Waals surface area contributed by atoms with Crippen LogP contribution in [-0.2, 0) is 13.0 Å². The van der Waals surface area contributed by atoms with E-state index in [0.29, 0.717) is 77.3 Å². The van der Waals surface area contributed by atoms with Gasteiger partial charge in [-0.15, -0.1) is 0 Å². The molecular weight excluding hydrogens is 624 g/mol. The highest BCUT2D eigenvalue weighted by atomic mass is 19.1. The van der Waals surface area contributed by atoms with E-state index in [-0.39, 0.29) is 30.0 Å². The third-order valence-electron chi connectivity index (χ3n) is 11.4. The first-order valence-corrected chi connectivity index (χ1v) is 17.3. The van der Waals surface area contributed by atoms with Crippen LogP contribution in [0.25, 0.3) is 22.3 Å². The number of piperazine rings is 1. The number of aliphatic imine (C=N–C) groups is 1. The van der Waals surface area contributed by atoms with Gasteiger partial charge in [0.1, 0.15) is 24.1 Å². The first kappa shape index (κ1) is 33.1. The number of guanidine groups is 1. The summed E-state index contributed by atoms with van der Waals surface area (Å²) in [5.74, 6) is 3.01. The molecule has 2 bridgehead atoms. The molecule has 2 N–H and O–H groups in total. The molecule has 49 heavy (non-hydrogen) atoms. The molecule has 8 rings (SSSR count). The number of hydrogen-bond donors (Lipinski definition) is 2. The maximum atomic E-state index is 14.8. The molecule has 4 aromatic rings. The van der Waals surface area contributed by atoms with Gasteiger partial charge in [0.05, 0.1) is 30.1 Å². The Hall–Kier alpha value is -4.38. The average molecular weight is 670 g/mol. The van der Waals surface area contributed by atoms with Gasteiger partial charge < -0.3 is 20.3 Å². The molecule has 3 aliphatic carbocycles. The Morgan fingerprint density at radius 2 is 1.96 bits per heavy atom. The van der Waals surface area contributed by atoms with E-state index in [2.05, 4.69) is 41.3 Å². The van der Waals surface area contributed by atoms with Crippen LogP contribution in [0.1, 0.15) is 39.2 Å². The number of fused-ring (bicyclic) bond motifs is 3. The van der Waals surface area contributed by atoms with E-state index in [1.54, 1.807) is 35.2 Å². The summed E-state index contributed by atoms with van der Waals surface area (Å²) in [5, 5.41) is 7.30. The van der Waals surface area contributed by atoms with Gasteiger partial charge in [-0.2, -0.15) is 0 Å². The van der Waals surface area contributed by atoms with Crippen molar-refractivity contribution >= 4 is 22.5 Å². The molecule has 258 valence electrons. The van der Waals surface area contributed by atoms with Crippen LogP contribution in [0, 0.1) is 29.0 Å². The summed E-state index contributed by atoms with van der Waals surface area (Å²) >= 11 is 0. The molecule has 4 aliphatic rings. The van der Waals surface area contributed by atoms with Gasteiger partial charge in [0.25, 0.3) is 5.56 Å². The van der Waals surface area contributed by atoms with E-state index >= 15 is 0 Å². The van der Waals surface area contributed by atoms with Crippen molar-refractivity contribution in [2.24, 2.45) is 28.2 Å². The Labute approximate surface area is 285 Å². The Kier molecular flexibility index (Phi) is 9.13. The summed E-state index contributed by atoms with van der Waals surface area (Å²) < 4.78 is 35.4. The number of rotatable bonds is 8. The van der Waals surface area contributed by atoms with E-state index in [1.165, 1.54) is 19.6 Å². The smallest absolute Gasteiger partial charge is 0.261 e. The maximum absolute atomic E-state index is 14.8. The zero-order valence-electron chi connectivity index (χ0n) is 28.6. The zero-order valence-corrected chi connectivity index (χ0v) is 28.6. The molecule has 2 aromatic carbocycles. The number of alkyl halides is 1. The minimum atomic E-state index is -0.447. The van der Waals surface area contributed by atoms with E-state index in [9.17, 15) is 13.6 Å². The molecule has 3 saturated carbocycles. The predicted octanol–water partition coefficient (Wildman–Crippen LogP) is 5.93. The Morgan fingerprint density at radius 1 is 1.14 bits per heavy atom. The van der Waals surface area contributed by atoms with Crippen LogP contribution in [0.5, 0.6) is 5.75 Å². The number of anilines is 1. The SMILES string of the molecule is COc1ccc(CCn2c(-c3ccncc3)nc3cc(NC(=NC4C[C@@H]5C[C@H]([C@@H]4C)C5(C)C)N4CCN[C@@H](CF)C4)ccc3c2=O)c(F)c1. The van der Waals surface area contributed by atoms with Crippen LogP contribution in [0.15, 0.2) is 70.7 Å². The lowest BCUT2D eigenvalue weighted by atomic mass is 9.45. The van der Waals surface area contributed by atoms with E-state index in [1.807, 2.05) is 24.3 Å². The molecule has 2 aromatic heterocycles. The van der Waals surface area contributed by atoms with Crippen LogP contribution in [0.3, 0.4) is 0 Å². The van der Waals surface area contributed by atoms with Gasteiger partial charge in [0.15, 0.2) is 5.96 Å². The monoisotopic (exact) mass is 669 g/mol. The lowest BCUT2D eigenvalue weighted by molar-refractivity contribution is -0.108. The first-order chi connectivity index (χ1) is 23.7. The molecule has 9 nitrogen and oxygen atoms in total. The number of halogens is 2. The second-order valence-corrected chi connectivity index (χ2v) is 14.4. The number of pyridine rings is 1. The topological polar surface area (TPSA) is 96.7 Å². The molecule has 1 saturated heterocycles. The van der Waals surface area contributed by atoms with Crippen LogP contribution in [0.4, 0.5) is 14.5 Å². The summed E-state index contributed by atoms with van der Waals surface area (Å²) in [7, 11) is 1.50. The van der Waals surface area contributed by atoms with Crippen LogP contribution in [0.2, 0.25) is 0 Å². The number of nitrogens with zero attached hydrogens (tertiary/aromatic N) is 5. The van der Waals surface area contributed by atoms with Crippen molar-refractivity contribution in [3.8, 4) is 17.1 Å². The number of aryl methyl sites for hydroxylation is 1. The summed E-state index contributed by atoms with van der Waals surface area (Å²) in [6, 6.07) is 13.8. The number of hydrogen-bond acceptors (Lipinski definition) is 6. The van der Waals surface area contributed by atoms with Crippen molar-refractivity contribution in [1.82, 2.24) is 24.8 Å². The predicted molar refractivity (Wildman–Crippen MR) is 189 cm³/mol. The highest BCUT2D eigenvalue weighted by Gasteiger charge is 2.56. The summed E-state index contributed by atoms with van der Waals surface area (Å²) in [6.45, 7) is 8.77. The van der Waals surface area contributed by atoms with E-state index in [4.69, 9.17) is 14.7 Å². The van der Waals surface area contributed by atoms with Crippen LogP contribution >= 0.6 is 0 Å². The Morgan fingerprint density at radius 3 is 2.67 bits per heavy atom. The zero-order chi connectivity index (χ0) is 34.3. The molecule has 3 heterocycles. The van der Waals surface area contributed by atoms with Crippen LogP contribution in [-0.4, -0.2) is 70.9 Å². The number of ether oxygens (including phenoxy) is 1. The molecule has 5 atom stereocenters. The highest BCUT2D eigenvalue weighted by Crippen LogP contribution is 2.61. The molecule has 1 aliphatic heterocycles. The van der Waals surface area contributed by atoms with Gasteiger partial charge in [0.2, 0.25) is 0 Å². The summed E-state index contributed by atoms with van der Waals surface area (Å²) in [4.78, 5) is 30.7. The van der Waals surface area contributed by atoms with Crippen molar-refractivity contribution in [2.75, 3.05) is 38.7 Å². The summed E-state index contributed by atoms with van der Waals surface area (Å²) in [5.41, 5.74) is 2.63. The highest BCUT2D eigenvalue weighted by molar-refractivity contribution is 5.96. The molecule has 1 unspecified atom stereocenters. The number of methoxy groups -OCH3 is 1. The first-order valence-electron chi connectivity index (χ1n) is 17.3. The fourth-order valence-electron chi connectivity index (χ4n) is 8.21. The normalized spacial score (nSPS) is 24.8. The fourth-order valence-corrected chi connectivity index (χ4v) is 8.21. The van der Waals surface area contributed by atoms with Crippen molar-refractivity contribution in [2.45, 2.75) is 58.7 Å². The molecule has 4 fully saturated rings. The maximum Gasteiger partial charge on any atom is 0.261 e. The van der Waals surface area contributed by atoms with Gasteiger partial charge in [-0.1, -0.05) is 26.8 Å². The van der Waals surface area contributed by atoms with Gasteiger partial charge in [-0.3, -0.25) is 14.3 Å². The van der Waals surface area contributed by atoms with Gasteiger partial charge >= 0.3 is 0 Å². The molecule has 0 radical (unpaired) electrons. The number of nitrogens with one attached hydrogen (secondary N) is 2. The third-order valence-corrected chi connectivity index (χ3v) is 11.4. The molecule has 11 heteroatoms.